The quantitative estimate of drug-likeness (QED) is 0.145. The van der Waals surface area contributed by atoms with Crippen LogP contribution in [0.25, 0.3) is 21.9 Å². The molecule has 0 spiro atoms. The lowest BCUT2D eigenvalue weighted by Crippen LogP contribution is -2.19. The Balaban J connectivity index is 0.000000181. The van der Waals surface area contributed by atoms with E-state index in [2.05, 4.69) is 46.1 Å². The highest BCUT2D eigenvalue weighted by Gasteiger charge is 2.08. The number of nitrogens with one attached hydrogen (secondary N) is 4. The van der Waals surface area contributed by atoms with E-state index in [1.54, 1.807) is 43.1 Å². The van der Waals surface area contributed by atoms with Crippen LogP contribution in [0.3, 0.4) is 0 Å². The summed E-state index contributed by atoms with van der Waals surface area (Å²) in [6, 6.07) is 24.6. The largest absolute Gasteiger partial charge is 0.378 e. The second kappa shape index (κ2) is 14.7. The summed E-state index contributed by atoms with van der Waals surface area (Å²) < 4.78 is 0. The van der Waals surface area contributed by atoms with Crippen molar-refractivity contribution in [2.24, 2.45) is 0 Å². The highest BCUT2D eigenvalue weighted by atomic mass is 32.1. The van der Waals surface area contributed by atoms with Crippen molar-refractivity contribution >= 4 is 79.4 Å². The van der Waals surface area contributed by atoms with Crippen molar-refractivity contribution in [3.05, 3.63) is 110 Å². The van der Waals surface area contributed by atoms with Gasteiger partial charge in [0.2, 0.25) is 0 Å². The first-order valence-corrected chi connectivity index (χ1v) is 14.8. The lowest BCUT2D eigenvalue weighted by atomic mass is 10.2. The van der Waals surface area contributed by atoms with Crippen molar-refractivity contribution in [2.75, 3.05) is 59.3 Å². The van der Waals surface area contributed by atoms with Crippen LogP contribution in [-0.4, -0.2) is 59.3 Å². The first-order valence-electron chi connectivity index (χ1n) is 14.4. The summed E-state index contributed by atoms with van der Waals surface area (Å²) in [7, 11) is 7.96. The molecule has 0 radical (unpaired) electrons. The monoisotopic (exact) mass is 630 g/mol. The van der Waals surface area contributed by atoms with Gasteiger partial charge in [-0.2, -0.15) is 0 Å². The number of carbonyl (C=O) groups is 1. The van der Waals surface area contributed by atoms with Crippen LogP contribution >= 0.6 is 12.2 Å². The second-order valence-electron chi connectivity index (χ2n) is 10.5. The molecule has 0 unspecified atom stereocenters. The van der Waals surface area contributed by atoms with Gasteiger partial charge >= 0.3 is 6.03 Å². The van der Waals surface area contributed by atoms with Crippen LogP contribution in [0.1, 0.15) is 0 Å². The molecule has 6 rings (SSSR count). The van der Waals surface area contributed by atoms with E-state index in [-0.39, 0.29) is 6.03 Å². The fourth-order valence-corrected chi connectivity index (χ4v) is 4.66. The van der Waals surface area contributed by atoms with Crippen LogP contribution in [-0.2, 0) is 0 Å². The Labute approximate surface area is 272 Å². The molecule has 0 saturated carbocycles. The Bertz CT molecular complexity index is 1790. The van der Waals surface area contributed by atoms with Gasteiger partial charge in [0.05, 0.1) is 22.4 Å². The first kappa shape index (κ1) is 31.5. The Morgan fingerprint density at radius 1 is 0.609 bits per heavy atom. The fourth-order valence-electron chi connectivity index (χ4n) is 4.43. The zero-order valence-electron chi connectivity index (χ0n) is 25.9. The summed E-state index contributed by atoms with van der Waals surface area (Å²) in [5.74, 6) is 0. The minimum Gasteiger partial charge on any atom is -0.378 e. The van der Waals surface area contributed by atoms with E-state index in [4.69, 9.17) is 12.2 Å². The van der Waals surface area contributed by atoms with Crippen LogP contribution in [0.4, 0.5) is 38.9 Å². The van der Waals surface area contributed by atoms with Crippen molar-refractivity contribution in [3.63, 3.8) is 0 Å². The molecule has 0 fully saturated rings. The second-order valence-corrected chi connectivity index (χ2v) is 10.9. The van der Waals surface area contributed by atoms with Crippen molar-refractivity contribution < 1.29 is 4.79 Å². The number of fused-ring (bicyclic) bond motifs is 2. The van der Waals surface area contributed by atoms with E-state index in [0.717, 1.165) is 50.4 Å². The lowest BCUT2D eigenvalue weighted by Gasteiger charge is -2.14. The molecular formula is C34H34N10OS. The Kier molecular flexibility index (Phi) is 10.1. The zero-order chi connectivity index (χ0) is 32.5. The number of nitrogens with zero attached hydrogens (tertiary/aromatic N) is 6. The van der Waals surface area contributed by atoms with Gasteiger partial charge < -0.3 is 31.1 Å². The van der Waals surface area contributed by atoms with Crippen LogP contribution in [0, 0.1) is 0 Å². The number of hydrogen-bond acceptors (Lipinski definition) is 8. The number of hydrogen-bond donors (Lipinski definition) is 4. The standard InChI is InChI=1S/C17H17N5O.C17H17N5S/c1-22(2)13-5-3-12(4-6-13)20-17(23)21-16-8-10-19-15-7-9-18-11-14(15)16;1-22(2)13-7-5-12(6-8-13)20-17(23)21-15-9-11-18-14-4-3-10-19-16(14)15/h3-11H,1-2H3,(H2,19,20,21,23);3-11H,1-2H3,(H2,18,20,21,23). The van der Waals surface area contributed by atoms with Gasteiger partial charge in [-0.1, -0.05) is 0 Å². The van der Waals surface area contributed by atoms with E-state index >= 15 is 0 Å². The van der Waals surface area contributed by atoms with Crippen molar-refractivity contribution in [3.8, 4) is 0 Å². The number of anilines is 6. The van der Waals surface area contributed by atoms with Gasteiger partial charge in [0.15, 0.2) is 5.11 Å². The Hall–Kier alpha value is -5.88. The molecule has 0 saturated heterocycles. The third-order valence-electron chi connectivity index (χ3n) is 6.82. The van der Waals surface area contributed by atoms with Gasteiger partial charge in [-0.15, -0.1) is 0 Å². The first-order chi connectivity index (χ1) is 22.3. The van der Waals surface area contributed by atoms with Gasteiger partial charge in [-0.05, 0) is 91.1 Å². The maximum Gasteiger partial charge on any atom is 0.323 e. The highest BCUT2D eigenvalue weighted by molar-refractivity contribution is 7.80. The van der Waals surface area contributed by atoms with Gasteiger partial charge in [0.1, 0.15) is 5.52 Å². The van der Waals surface area contributed by atoms with Crippen molar-refractivity contribution in [1.29, 1.82) is 0 Å². The Morgan fingerprint density at radius 3 is 1.87 bits per heavy atom. The van der Waals surface area contributed by atoms with Crippen LogP contribution in [0.2, 0.25) is 0 Å². The molecule has 0 aliphatic carbocycles. The number of benzene rings is 2. The number of thiocarbonyl (C=S) groups is 1. The number of aromatic nitrogens is 4. The minimum absolute atomic E-state index is 0.307. The molecule has 2 amide bonds. The molecule has 4 heterocycles. The maximum atomic E-state index is 12.2. The molecular weight excluding hydrogens is 597 g/mol. The average molecular weight is 631 g/mol. The van der Waals surface area contributed by atoms with Crippen molar-refractivity contribution in [1.82, 2.24) is 19.9 Å². The average Bonchev–Trinajstić information content (AvgIpc) is 3.06. The molecule has 0 bridgehead atoms. The smallest absolute Gasteiger partial charge is 0.323 e. The van der Waals surface area contributed by atoms with E-state index < -0.39 is 0 Å². The van der Waals surface area contributed by atoms with Crippen LogP contribution in [0.5, 0.6) is 0 Å². The predicted molar refractivity (Wildman–Crippen MR) is 193 cm³/mol. The summed E-state index contributed by atoms with van der Waals surface area (Å²) in [6.07, 6.45) is 8.49. The molecule has 46 heavy (non-hydrogen) atoms. The molecule has 232 valence electrons. The normalized spacial score (nSPS) is 10.3. The molecule has 4 aromatic heterocycles. The van der Waals surface area contributed by atoms with Crippen molar-refractivity contribution in [2.45, 2.75) is 0 Å². The molecule has 12 heteroatoms. The Morgan fingerprint density at radius 2 is 1.22 bits per heavy atom. The molecule has 0 atom stereocenters. The minimum atomic E-state index is -0.307. The lowest BCUT2D eigenvalue weighted by molar-refractivity contribution is 0.262. The summed E-state index contributed by atoms with van der Waals surface area (Å²) in [5.41, 5.74) is 7.78. The maximum absolute atomic E-state index is 12.2. The van der Waals surface area contributed by atoms with Gasteiger partial charge in [-0.25, -0.2) is 4.79 Å². The molecule has 0 aliphatic rings. The van der Waals surface area contributed by atoms with E-state index in [1.165, 1.54) is 0 Å². The number of urea groups is 1. The van der Waals surface area contributed by atoms with E-state index in [9.17, 15) is 4.79 Å². The molecule has 2 aromatic carbocycles. The van der Waals surface area contributed by atoms with E-state index in [1.807, 2.05) is 99.8 Å². The van der Waals surface area contributed by atoms with Gasteiger partial charge in [0, 0.05) is 87.3 Å². The third kappa shape index (κ3) is 8.18. The molecule has 6 aromatic rings. The summed E-state index contributed by atoms with van der Waals surface area (Å²) in [6.45, 7) is 0. The highest BCUT2D eigenvalue weighted by Crippen LogP contribution is 2.22. The topological polar surface area (TPSA) is 123 Å². The van der Waals surface area contributed by atoms with Crippen LogP contribution < -0.4 is 31.1 Å². The molecule has 11 nitrogen and oxygen atoms in total. The third-order valence-corrected chi connectivity index (χ3v) is 7.02. The summed E-state index contributed by atoms with van der Waals surface area (Å²) >= 11 is 5.38. The molecule has 0 aliphatic heterocycles. The number of carbonyl (C=O) groups excluding carboxylic acids is 1. The predicted octanol–water partition coefficient (Wildman–Crippen LogP) is 6.84. The fraction of sp³-hybridized carbons (Fsp3) is 0.118. The van der Waals surface area contributed by atoms with E-state index in [0.29, 0.717) is 10.8 Å². The summed E-state index contributed by atoms with van der Waals surface area (Å²) in [4.78, 5) is 33.2. The zero-order valence-corrected chi connectivity index (χ0v) is 26.7. The van der Waals surface area contributed by atoms with Gasteiger partial charge in [0.25, 0.3) is 0 Å². The number of rotatable bonds is 6. The molecule has 4 N–H and O–H groups in total. The SMILES string of the molecule is CN(C)c1ccc(NC(=O)Nc2ccnc3ccncc23)cc1.CN(C)c1ccc(NC(=S)Nc2ccnc3cccnc23)cc1. The van der Waals surface area contributed by atoms with Crippen LogP contribution in [0.15, 0.2) is 110 Å². The van der Waals surface area contributed by atoms with Gasteiger partial charge in [-0.3, -0.25) is 19.9 Å². The summed E-state index contributed by atoms with van der Waals surface area (Å²) in [5, 5.41) is 13.3. The number of amides is 2. The number of pyridine rings is 4.